The van der Waals surface area contributed by atoms with Gasteiger partial charge in [-0.05, 0) is 39.0 Å². The Bertz CT molecular complexity index is 823. The van der Waals surface area contributed by atoms with Crippen molar-refractivity contribution in [1.29, 1.82) is 0 Å². The van der Waals surface area contributed by atoms with Crippen LogP contribution in [0.15, 0.2) is 18.2 Å². The molecule has 7 heteroatoms. The number of rotatable bonds is 4. The van der Waals surface area contributed by atoms with Crippen molar-refractivity contribution in [2.75, 3.05) is 32.8 Å². The fraction of sp³-hybridized carbons (Fsp3) is 0.474. The van der Waals surface area contributed by atoms with Crippen LogP contribution in [-0.2, 0) is 4.74 Å². The van der Waals surface area contributed by atoms with Crippen LogP contribution in [-0.4, -0.2) is 65.5 Å². The van der Waals surface area contributed by atoms with Crippen LogP contribution in [0, 0.1) is 0 Å². The third-order valence-electron chi connectivity index (χ3n) is 4.77. The van der Waals surface area contributed by atoms with Crippen LogP contribution < -0.4 is 0 Å². The fourth-order valence-electron chi connectivity index (χ4n) is 3.25. The van der Waals surface area contributed by atoms with Crippen molar-refractivity contribution in [2.45, 2.75) is 26.8 Å². The van der Waals surface area contributed by atoms with Gasteiger partial charge in [-0.25, -0.2) is 4.79 Å². The van der Waals surface area contributed by atoms with Gasteiger partial charge in [-0.1, -0.05) is 11.6 Å². The first-order chi connectivity index (χ1) is 12.4. The summed E-state index contributed by atoms with van der Waals surface area (Å²) in [6.07, 6.45) is 0. The number of amides is 1. The van der Waals surface area contributed by atoms with Gasteiger partial charge in [0.05, 0.1) is 17.2 Å². The van der Waals surface area contributed by atoms with Gasteiger partial charge in [0.15, 0.2) is 0 Å². The first-order valence-corrected chi connectivity index (χ1v) is 9.31. The number of benzene rings is 1. The van der Waals surface area contributed by atoms with E-state index < -0.39 is 5.97 Å². The van der Waals surface area contributed by atoms with Crippen molar-refractivity contribution < 1.29 is 14.3 Å². The molecule has 0 atom stereocenters. The molecule has 2 heterocycles. The molecule has 6 nitrogen and oxygen atoms in total. The third-order valence-corrected chi connectivity index (χ3v) is 5.08. The molecule has 1 aromatic heterocycles. The summed E-state index contributed by atoms with van der Waals surface area (Å²) in [4.78, 5) is 32.0. The average Bonchev–Trinajstić information content (AvgIpc) is 3.03. The number of piperazine rings is 1. The van der Waals surface area contributed by atoms with Gasteiger partial charge in [-0.3, -0.25) is 9.69 Å². The predicted octanol–water partition coefficient (Wildman–Crippen LogP) is 3.16. The maximum Gasteiger partial charge on any atom is 0.354 e. The van der Waals surface area contributed by atoms with Crippen LogP contribution in [0.3, 0.4) is 0 Å². The number of aromatic amines is 1. The molecule has 3 rings (SSSR count). The zero-order valence-electron chi connectivity index (χ0n) is 15.3. The number of hydrogen-bond acceptors (Lipinski definition) is 4. The van der Waals surface area contributed by atoms with E-state index in [0.29, 0.717) is 47.5 Å². The number of aromatic nitrogens is 1. The minimum absolute atomic E-state index is 0.0702. The molecule has 1 saturated heterocycles. The molecule has 1 fully saturated rings. The van der Waals surface area contributed by atoms with Crippen molar-refractivity contribution in [3.8, 4) is 0 Å². The Kier molecular flexibility index (Phi) is 5.53. The molecule has 0 spiro atoms. The lowest BCUT2D eigenvalue weighted by Gasteiger charge is -2.37. The second kappa shape index (κ2) is 7.68. The summed E-state index contributed by atoms with van der Waals surface area (Å²) in [6, 6.07) is 5.61. The van der Waals surface area contributed by atoms with Crippen LogP contribution in [0.2, 0.25) is 5.02 Å². The molecule has 0 bridgehead atoms. The van der Waals surface area contributed by atoms with E-state index in [1.807, 2.05) is 4.90 Å². The minimum atomic E-state index is -0.419. The summed E-state index contributed by atoms with van der Waals surface area (Å²) in [5, 5.41) is 1.15. The van der Waals surface area contributed by atoms with E-state index in [-0.39, 0.29) is 5.91 Å². The second-order valence-electron chi connectivity index (χ2n) is 6.74. The molecule has 140 valence electrons. The Morgan fingerprint density at radius 2 is 1.88 bits per heavy atom. The lowest BCUT2D eigenvalue weighted by molar-refractivity contribution is 0.0520. The molecule has 26 heavy (non-hydrogen) atoms. The summed E-state index contributed by atoms with van der Waals surface area (Å²) in [7, 11) is 0. The monoisotopic (exact) mass is 377 g/mol. The van der Waals surface area contributed by atoms with Crippen LogP contribution in [0.1, 0.15) is 41.6 Å². The molecule has 1 aromatic carbocycles. The van der Waals surface area contributed by atoms with Crippen LogP contribution in [0.25, 0.3) is 10.9 Å². The van der Waals surface area contributed by atoms with Crippen molar-refractivity contribution in [3.63, 3.8) is 0 Å². The van der Waals surface area contributed by atoms with Gasteiger partial charge in [0.1, 0.15) is 5.69 Å². The Morgan fingerprint density at radius 3 is 2.50 bits per heavy atom. The van der Waals surface area contributed by atoms with Crippen LogP contribution in [0.4, 0.5) is 0 Å². The van der Waals surface area contributed by atoms with Crippen molar-refractivity contribution >= 4 is 34.4 Å². The van der Waals surface area contributed by atoms with E-state index in [9.17, 15) is 9.59 Å². The van der Waals surface area contributed by atoms with Gasteiger partial charge in [0, 0.05) is 43.1 Å². The molecular weight excluding hydrogens is 354 g/mol. The first kappa shape index (κ1) is 18.7. The van der Waals surface area contributed by atoms with Gasteiger partial charge in [-0.15, -0.1) is 0 Å². The predicted molar refractivity (Wildman–Crippen MR) is 102 cm³/mol. The molecule has 0 aliphatic carbocycles. The Labute approximate surface area is 158 Å². The van der Waals surface area contributed by atoms with Crippen LogP contribution in [0.5, 0.6) is 0 Å². The third kappa shape index (κ3) is 3.71. The van der Waals surface area contributed by atoms with E-state index in [1.165, 1.54) is 0 Å². The molecular formula is C19H24ClN3O3. The summed E-state index contributed by atoms with van der Waals surface area (Å²) < 4.78 is 5.01. The highest BCUT2D eigenvalue weighted by Gasteiger charge is 2.25. The molecule has 0 radical (unpaired) electrons. The van der Waals surface area contributed by atoms with Gasteiger partial charge in [0.2, 0.25) is 0 Å². The normalized spacial score (nSPS) is 15.7. The smallest absolute Gasteiger partial charge is 0.354 e. The Morgan fingerprint density at radius 1 is 1.19 bits per heavy atom. The highest BCUT2D eigenvalue weighted by atomic mass is 35.5. The maximum absolute atomic E-state index is 12.9. The quantitative estimate of drug-likeness (QED) is 0.831. The molecule has 1 N–H and O–H groups in total. The summed E-state index contributed by atoms with van der Waals surface area (Å²) >= 11 is 6.35. The molecule has 1 aliphatic heterocycles. The summed E-state index contributed by atoms with van der Waals surface area (Å²) in [5.74, 6) is -0.489. The number of ether oxygens (including phenoxy) is 1. The number of esters is 1. The number of hydrogen-bond donors (Lipinski definition) is 1. The van der Waals surface area contributed by atoms with E-state index in [1.54, 1.807) is 25.1 Å². The lowest BCUT2D eigenvalue weighted by Crippen LogP contribution is -2.50. The molecule has 0 saturated carbocycles. The number of nitrogens with one attached hydrogen (secondary N) is 1. The number of nitrogens with zero attached hydrogens (tertiary/aromatic N) is 2. The van der Waals surface area contributed by atoms with Gasteiger partial charge >= 0.3 is 5.97 Å². The van der Waals surface area contributed by atoms with Gasteiger partial charge in [-0.2, -0.15) is 0 Å². The second-order valence-corrected chi connectivity index (χ2v) is 7.15. The first-order valence-electron chi connectivity index (χ1n) is 8.93. The largest absolute Gasteiger partial charge is 0.461 e. The number of fused-ring (bicyclic) bond motifs is 1. The van der Waals surface area contributed by atoms with Gasteiger partial charge in [0.25, 0.3) is 5.91 Å². The minimum Gasteiger partial charge on any atom is -0.461 e. The molecule has 1 amide bonds. The fourth-order valence-corrected chi connectivity index (χ4v) is 3.49. The number of halogens is 1. The molecule has 1 aliphatic rings. The van der Waals surface area contributed by atoms with Crippen molar-refractivity contribution in [1.82, 2.24) is 14.8 Å². The number of carbonyl (C=O) groups is 2. The van der Waals surface area contributed by atoms with E-state index >= 15 is 0 Å². The van der Waals surface area contributed by atoms with Gasteiger partial charge < -0.3 is 14.6 Å². The van der Waals surface area contributed by atoms with E-state index in [4.69, 9.17) is 16.3 Å². The highest BCUT2D eigenvalue weighted by Crippen LogP contribution is 2.26. The van der Waals surface area contributed by atoms with Crippen LogP contribution >= 0.6 is 11.6 Å². The zero-order chi connectivity index (χ0) is 18.8. The average molecular weight is 378 g/mol. The van der Waals surface area contributed by atoms with E-state index in [0.717, 1.165) is 18.5 Å². The Balaban J connectivity index is 1.82. The molecule has 0 unspecified atom stereocenters. The zero-order valence-corrected chi connectivity index (χ0v) is 16.1. The standard InChI is InChI=1S/C19H24ClN3O3/c1-4-26-19(25)17-10-13-9-14(15(20)11-16(13)21-17)18(24)23-7-5-22(6-8-23)12(2)3/h9-12,21H,4-8H2,1-3H3. The SMILES string of the molecule is CCOC(=O)c1cc2cc(C(=O)N3CCN(C(C)C)CC3)c(Cl)cc2[nH]1. The van der Waals surface area contributed by atoms with Crippen molar-refractivity contribution in [2.24, 2.45) is 0 Å². The van der Waals surface area contributed by atoms with Crippen molar-refractivity contribution in [3.05, 3.63) is 34.5 Å². The highest BCUT2D eigenvalue weighted by molar-refractivity contribution is 6.34. The van der Waals surface area contributed by atoms with E-state index in [2.05, 4.69) is 23.7 Å². The number of H-pyrrole nitrogens is 1. The lowest BCUT2D eigenvalue weighted by atomic mass is 10.1. The summed E-state index contributed by atoms with van der Waals surface area (Å²) in [6.45, 7) is 9.49. The molecule has 2 aromatic rings. The maximum atomic E-state index is 12.9. The summed E-state index contributed by atoms with van der Waals surface area (Å²) in [5.41, 5.74) is 1.53. The number of carbonyl (C=O) groups excluding carboxylic acids is 2. The topological polar surface area (TPSA) is 65.6 Å². The Hall–Kier alpha value is -2.05.